The third kappa shape index (κ3) is 4.95. The molecule has 186 valence electrons. The van der Waals surface area contributed by atoms with E-state index >= 15 is 0 Å². The smallest absolute Gasteiger partial charge is 0.303 e. The van der Waals surface area contributed by atoms with E-state index in [1.807, 2.05) is 60.7 Å². The fraction of sp³-hybridized carbons (Fsp3) is 0.143. The molecule has 2 heterocycles. The van der Waals surface area contributed by atoms with Crippen molar-refractivity contribution >= 4 is 56.0 Å². The standard InChI is InChI=1S/C28H21BrClN3O4/c29-17-10-11-21-19(14-17)26(16-6-2-1-3-7-16)27(28(37)31-21)22-15-23(18-8-4-5-9-20(18)30)33(32-22)24(34)12-13-25(35)36/h1-11,14,23H,12-13,15H2,(H,31,37)(H,35,36)/t23-/m0/s1. The van der Waals surface area contributed by atoms with Gasteiger partial charge in [0.15, 0.2) is 0 Å². The number of carbonyl (C=O) groups excluding carboxylic acids is 1. The van der Waals surface area contributed by atoms with Crippen molar-refractivity contribution in [3.8, 4) is 11.1 Å². The number of aliphatic carboxylic acids is 1. The van der Waals surface area contributed by atoms with Gasteiger partial charge in [-0.3, -0.25) is 14.4 Å². The Morgan fingerprint density at radius 3 is 2.49 bits per heavy atom. The molecule has 7 nitrogen and oxygen atoms in total. The van der Waals surface area contributed by atoms with Crippen LogP contribution in [0.15, 0.2) is 87.2 Å². The molecule has 5 rings (SSSR count). The van der Waals surface area contributed by atoms with Crippen molar-refractivity contribution in [1.82, 2.24) is 9.99 Å². The maximum atomic E-state index is 13.5. The molecule has 4 aromatic rings. The van der Waals surface area contributed by atoms with Crippen LogP contribution in [0.4, 0.5) is 0 Å². The van der Waals surface area contributed by atoms with E-state index in [2.05, 4.69) is 26.0 Å². The van der Waals surface area contributed by atoms with Crippen molar-refractivity contribution in [2.45, 2.75) is 25.3 Å². The van der Waals surface area contributed by atoms with Gasteiger partial charge in [-0.2, -0.15) is 5.10 Å². The SMILES string of the molecule is O=C(O)CCC(=O)N1N=C(c2c(-c3ccccc3)c3cc(Br)ccc3[nH]c2=O)C[C@H]1c1ccccc1Cl. The highest BCUT2D eigenvalue weighted by Gasteiger charge is 2.36. The monoisotopic (exact) mass is 577 g/mol. The van der Waals surface area contributed by atoms with Crippen molar-refractivity contribution < 1.29 is 14.7 Å². The average Bonchev–Trinajstić information content (AvgIpc) is 3.32. The van der Waals surface area contributed by atoms with Crippen LogP contribution in [0.5, 0.6) is 0 Å². The Morgan fingerprint density at radius 1 is 1.03 bits per heavy atom. The molecule has 0 fully saturated rings. The topological polar surface area (TPSA) is 103 Å². The van der Waals surface area contributed by atoms with E-state index in [1.54, 1.807) is 12.1 Å². The summed E-state index contributed by atoms with van der Waals surface area (Å²) in [5, 5.41) is 16.3. The number of nitrogens with zero attached hydrogens (tertiary/aromatic N) is 2. The van der Waals surface area contributed by atoms with Gasteiger partial charge in [0.2, 0.25) is 5.91 Å². The first kappa shape index (κ1) is 24.9. The fourth-order valence-electron chi connectivity index (χ4n) is 4.65. The Hall–Kier alpha value is -3.75. The number of carbonyl (C=O) groups is 2. The molecule has 0 spiro atoms. The molecule has 1 aliphatic heterocycles. The van der Waals surface area contributed by atoms with Crippen LogP contribution in [-0.2, 0) is 9.59 Å². The largest absolute Gasteiger partial charge is 0.481 e. The van der Waals surface area contributed by atoms with Gasteiger partial charge in [-0.1, -0.05) is 76.1 Å². The second-order valence-corrected chi connectivity index (χ2v) is 10.0. The van der Waals surface area contributed by atoms with Gasteiger partial charge in [0, 0.05) is 38.8 Å². The van der Waals surface area contributed by atoms with E-state index in [-0.39, 0.29) is 24.8 Å². The van der Waals surface area contributed by atoms with Gasteiger partial charge in [0.05, 0.1) is 23.7 Å². The van der Waals surface area contributed by atoms with Crippen LogP contribution in [0.1, 0.15) is 36.4 Å². The summed E-state index contributed by atoms with van der Waals surface area (Å²) in [4.78, 5) is 40.8. The Labute approximate surface area is 225 Å². The summed E-state index contributed by atoms with van der Waals surface area (Å²) < 4.78 is 0.850. The van der Waals surface area contributed by atoms with Gasteiger partial charge < -0.3 is 10.1 Å². The number of hydrogen-bond acceptors (Lipinski definition) is 4. The molecule has 0 aliphatic carbocycles. The highest BCUT2D eigenvalue weighted by molar-refractivity contribution is 9.10. The fourth-order valence-corrected chi connectivity index (χ4v) is 5.28. The zero-order chi connectivity index (χ0) is 26.1. The third-order valence-corrected chi connectivity index (χ3v) is 7.15. The summed E-state index contributed by atoms with van der Waals surface area (Å²) in [6.07, 6.45) is -0.306. The summed E-state index contributed by atoms with van der Waals surface area (Å²) in [6.45, 7) is 0. The number of aromatic nitrogens is 1. The third-order valence-electron chi connectivity index (χ3n) is 6.31. The van der Waals surface area contributed by atoms with Crippen LogP contribution >= 0.6 is 27.5 Å². The maximum absolute atomic E-state index is 13.5. The number of hydrazone groups is 1. The average molecular weight is 579 g/mol. The Balaban J connectivity index is 1.71. The molecule has 0 bridgehead atoms. The second kappa shape index (κ2) is 10.3. The van der Waals surface area contributed by atoms with E-state index in [0.717, 1.165) is 15.4 Å². The number of rotatable bonds is 6. The molecule has 1 aliphatic rings. The molecule has 1 aromatic heterocycles. The van der Waals surface area contributed by atoms with E-state index in [1.165, 1.54) is 5.01 Å². The van der Waals surface area contributed by atoms with Gasteiger partial charge in [-0.25, -0.2) is 5.01 Å². The molecule has 0 unspecified atom stereocenters. The zero-order valence-corrected chi connectivity index (χ0v) is 21.8. The molecule has 2 N–H and O–H groups in total. The summed E-state index contributed by atoms with van der Waals surface area (Å²) in [5.41, 5.74) is 3.35. The normalized spacial score (nSPS) is 15.1. The predicted molar refractivity (Wildman–Crippen MR) is 147 cm³/mol. The van der Waals surface area contributed by atoms with Crippen molar-refractivity contribution in [2.75, 3.05) is 0 Å². The minimum atomic E-state index is -1.08. The van der Waals surface area contributed by atoms with E-state index in [0.29, 0.717) is 32.9 Å². The van der Waals surface area contributed by atoms with Gasteiger partial charge in [0.1, 0.15) is 0 Å². The number of aromatic amines is 1. The number of halogens is 2. The molecule has 0 radical (unpaired) electrons. The summed E-state index contributed by atoms with van der Waals surface area (Å²) in [7, 11) is 0. The van der Waals surface area contributed by atoms with Gasteiger partial charge in [-0.15, -0.1) is 0 Å². The molecular weight excluding hydrogens is 558 g/mol. The number of amides is 1. The number of carboxylic acid groups (broad SMARTS) is 1. The van der Waals surface area contributed by atoms with Crippen molar-refractivity contribution in [2.24, 2.45) is 5.10 Å². The van der Waals surface area contributed by atoms with Crippen molar-refractivity contribution in [3.05, 3.63) is 104 Å². The van der Waals surface area contributed by atoms with Crippen LogP contribution in [-0.4, -0.2) is 32.7 Å². The van der Waals surface area contributed by atoms with E-state index in [9.17, 15) is 14.4 Å². The van der Waals surface area contributed by atoms with Gasteiger partial charge in [-0.05, 0) is 35.4 Å². The molecule has 1 amide bonds. The molecule has 1 atom stereocenters. The quantitative estimate of drug-likeness (QED) is 0.286. The first-order chi connectivity index (χ1) is 17.8. The minimum absolute atomic E-state index is 0.223. The van der Waals surface area contributed by atoms with Gasteiger partial charge in [0.25, 0.3) is 5.56 Å². The van der Waals surface area contributed by atoms with Crippen molar-refractivity contribution in [1.29, 1.82) is 0 Å². The Bertz CT molecular complexity index is 1620. The van der Waals surface area contributed by atoms with Crippen LogP contribution in [0.25, 0.3) is 22.0 Å². The second-order valence-electron chi connectivity index (χ2n) is 8.68. The lowest BCUT2D eigenvalue weighted by Crippen LogP contribution is -2.27. The zero-order valence-electron chi connectivity index (χ0n) is 19.4. The first-order valence-electron chi connectivity index (χ1n) is 11.6. The van der Waals surface area contributed by atoms with Crippen LogP contribution < -0.4 is 5.56 Å². The summed E-state index contributed by atoms with van der Waals surface area (Å²) >= 11 is 10.0. The molecule has 0 saturated carbocycles. The molecule has 3 aromatic carbocycles. The highest BCUT2D eigenvalue weighted by Crippen LogP contribution is 2.39. The summed E-state index contributed by atoms with van der Waals surface area (Å²) in [5.74, 6) is -1.53. The maximum Gasteiger partial charge on any atom is 0.303 e. The lowest BCUT2D eigenvalue weighted by Gasteiger charge is -2.22. The number of fused-ring (bicyclic) bond motifs is 1. The molecule has 0 saturated heterocycles. The number of H-pyrrole nitrogens is 1. The first-order valence-corrected chi connectivity index (χ1v) is 12.8. The van der Waals surface area contributed by atoms with Gasteiger partial charge >= 0.3 is 5.97 Å². The lowest BCUT2D eigenvalue weighted by molar-refractivity contribution is -0.141. The Morgan fingerprint density at radius 2 is 1.76 bits per heavy atom. The van der Waals surface area contributed by atoms with E-state index in [4.69, 9.17) is 16.7 Å². The lowest BCUT2D eigenvalue weighted by atomic mass is 9.91. The number of hydrogen-bond donors (Lipinski definition) is 2. The van der Waals surface area contributed by atoms with Crippen molar-refractivity contribution in [3.63, 3.8) is 0 Å². The number of carboxylic acids is 1. The predicted octanol–water partition coefficient (Wildman–Crippen LogP) is 6.15. The highest BCUT2D eigenvalue weighted by atomic mass is 79.9. The number of pyridine rings is 1. The molecular formula is C28H21BrClN3O4. The number of nitrogens with one attached hydrogen (secondary N) is 1. The van der Waals surface area contributed by atoms with Crippen LogP contribution in [0.2, 0.25) is 5.02 Å². The Kier molecular flexibility index (Phi) is 6.95. The summed E-state index contributed by atoms with van der Waals surface area (Å²) in [6, 6.07) is 21.7. The number of benzene rings is 3. The van der Waals surface area contributed by atoms with E-state index < -0.39 is 17.9 Å². The minimum Gasteiger partial charge on any atom is -0.481 e. The molecule has 37 heavy (non-hydrogen) atoms. The van der Waals surface area contributed by atoms with Crippen LogP contribution in [0, 0.1) is 0 Å². The van der Waals surface area contributed by atoms with Crippen LogP contribution in [0.3, 0.4) is 0 Å². The molecule has 9 heteroatoms.